The molecule has 0 aliphatic heterocycles. The summed E-state index contributed by atoms with van der Waals surface area (Å²) in [5.74, 6) is 0.192. The Hall–Kier alpha value is -4.03. The molecule has 0 saturated heterocycles. The number of hydrogen-bond acceptors (Lipinski definition) is 5. The summed E-state index contributed by atoms with van der Waals surface area (Å²) in [6.07, 6.45) is 3.37. The number of aryl methyl sites for hydroxylation is 2. The molecule has 0 radical (unpaired) electrons. The lowest BCUT2D eigenvalue weighted by atomic mass is 10.1. The molecule has 1 N–H and O–H groups in total. The minimum absolute atomic E-state index is 0.192. The highest BCUT2D eigenvalue weighted by molar-refractivity contribution is 7.17. The molecule has 3 aromatic carbocycles. The Morgan fingerprint density at radius 3 is 2.48 bits per heavy atom. The molecule has 0 saturated carbocycles. The van der Waals surface area contributed by atoms with Gasteiger partial charge in [0.2, 0.25) is 0 Å². The molecule has 0 atom stereocenters. The lowest BCUT2D eigenvalue weighted by Crippen LogP contribution is -2.15. The van der Waals surface area contributed by atoms with Crippen LogP contribution in [-0.2, 0) is 0 Å². The monoisotopic (exact) mass is 450 g/mol. The van der Waals surface area contributed by atoms with Crippen molar-refractivity contribution in [2.75, 3.05) is 4.90 Å². The highest BCUT2D eigenvalue weighted by Gasteiger charge is 2.14. The molecule has 5 aromatic rings. The predicted molar refractivity (Wildman–Crippen MR) is 137 cm³/mol. The third kappa shape index (κ3) is 4.08. The Labute approximate surface area is 196 Å². The van der Waals surface area contributed by atoms with Gasteiger partial charge in [-0.15, -0.1) is 11.3 Å². The van der Waals surface area contributed by atoms with E-state index >= 15 is 0 Å². The van der Waals surface area contributed by atoms with Crippen molar-refractivity contribution in [1.82, 2.24) is 9.97 Å². The smallest absolute Gasteiger partial charge is 0.139 e. The zero-order valence-corrected chi connectivity index (χ0v) is 19.1. The van der Waals surface area contributed by atoms with Gasteiger partial charge in [-0.05, 0) is 60.7 Å². The second kappa shape index (κ2) is 8.84. The first kappa shape index (κ1) is 20.8. The molecule has 162 valence electrons. The zero-order chi connectivity index (χ0) is 22.8. The van der Waals surface area contributed by atoms with Crippen LogP contribution in [0.5, 0.6) is 5.75 Å². The van der Waals surface area contributed by atoms with Gasteiger partial charge in [0.15, 0.2) is 0 Å². The number of thiophene rings is 1. The molecule has 5 rings (SSSR count). The second-order valence-electron chi connectivity index (χ2n) is 7.76. The number of phenols is 1. The minimum Gasteiger partial charge on any atom is -0.506 e. The molecule has 33 heavy (non-hydrogen) atoms. The molecule has 0 unspecified atom stereocenters. The van der Waals surface area contributed by atoms with E-state index in [2.05, 4.69) is 22.3 Å². The fraction of sp³-hybridized carbons (Fsp3) is 0.0741. The van der Waals surface area contributed by atoms with E-state index in [-0.39, 0.29) is 5.75 Å². The first-order valence-electron chi connectivity index (χ1n) is 10.6. The number of anilines is 2. The number of nitrogens with zero attached hydrogens (tertiary/aromatic N) is 4. The number of para-hydroxylation sites is 3. The van der Waals surface area contributed by atoms with E-state index in [0.29, 0.717) is 5.69 Å². The molecular formula is C27H22N4OS. The van der Waals surface area contributed by atoms with Crippen molar-refractivity contribution in [3.05, 3.63) is 95.6 Å². The van der Waals surface area contributed by atoms with Gasteiger partial charge in [0.25, 0.3) is 0 Å². The fourth-order valence-electron chi connectivity index (χ4n) is 3.79. The van der Waals surface area contributed by atoms with Crippen LogP contribution in [0.1, 0.15) is 11.1 Å². The molecule has 0 aliphatic carbocycles. The maximum atomic E-state index is 10.5. The normalized spacial score (nSPS) is 11.3. The molecule has 2 aromatic heterocycles. The van der Waals surface area contributed by atoms with Crippen LogP contribution in [0.4, 0.5) is 17.1 Å². The van der Waals surface area contributed by atoms with Crippen LogP contribution in [0.2, 0.25) is 0 Å². The van der Waals surface area contributed by atoms with Gasteiger partial charge in [0.05, 0.1) is 33.0 Å². The second-order valence-corrected chi connectivity index (χ2v) is 8.64. The number of phenolic OH excluding ortho intramolecular Hbond substituents is 1. The van der Waals surface area contributed by atoms with Crippen LogP contribution in [0, 0.1) is 13.8 Å². The average Bonchev–Trinajstić information content (AvgIpc) is 3.22. The first-order valence-corrected chi connectivity index (χ1v) is 11.5. The number of hydrogen-bond donors (Lipinski definition) is 1. The molecule has 5 nitrogen and oxygen atoms in total. The van der Waals surface area contributed by atoms with E-state index in [4.69, 9.17) is 4.99 Å². The van der Waals surface area contributed by atoms with Crippen LogP contribution < -0.4 is 4.90 Å². The van der Waals surface area contributed by atoms with Gasteiger partial charge >= 0.3 is 0 Å². The van der Waals surface area contributed by atoms with Gasteiger partial charge in [-0.2, -0.15) is 0 Å². The van der Waals surface area contributed by atoms with E-state index in [1.165, 1.54) is 0 Å². The van der Waals surface area contributed by atoms with Crippen molar-refractivity contribution in [3.8, 4) is 17.0 Å². The fourth-order valence-corrected chi connectivity index (χ4v) is 4.80. The Bertz CT molecular complexity index is 1430. The standard InChI is InChI=1S/C27H22N4OS/c1-18-8-3-4-11-22(18)31(23-12-5-6-13-24(23)32)17-30-21-10-7-9-20(14-21)26-27-25(28-16-29-26)19(2)15-33-27/h3-17,32H,1-2H3. The Morgan fingerprint density at radius 2 is 1.67 bits per heavy atom. The summed E-state index contributed by atoms with van der Waals surface area (Å²) in [4.78, 5) is 15.6. The highest BCUT2D eigenvalue weighted by Crippen LogP contribution is 2.35. The van der Waals surface area contributed by atoms with E-state index < -0.39 is 0 Å². The van der Waals surface area contributed by atoms with Crippen molar-refractivity contribution in [2.45, 2.75) is 13.8 Å². The number of fused-ring (bicyclic) bond motifs is 1. The topological polar surface area (TPSA) is 61.6 Å². The Morgan fingerprint density at radius 1 is 0.879 bits per heavy atom. The van der Waals surface area contributed by atoms with Gasteiger partial charge in [-0.3, -0.25) is 4.90 Å². The molecule has 0 aliphatic rings. The number of aromatic hydroxyl groups is 1. The quantitative estimate of drug-likeness (QED) is 0.228. The molecule has 2 heterocycles. The maximum Gasteiger partial charge on any atom is 0.139 e. The summed E-state index contributed by atoms with van der Waals surface area (Å²) in [7, 11) is 0. The lowest BCUT2D eigenvalue weighted by molar-refractivity contribution is 0.477. The van der Waals surface area contributed by atoms with Gasteiger partial charge in [-0.1, -0.05) is 42.5 Å². The van der Waals surface area contributed by atoms with E-state index in [9.17, 15) is 5.11 Å². The minimum atomic E-state index is 0.192. The van der Waals surface area contributed by atoms with Gasteiger partial charge in [-0.25, -0.2) is 15.0 Å². The molecule has 0 amide bonds. The van der Waals surface area contributed by atoms with Crippen LogP contribution >= 0.6 is 11.3 Å². The molecule has 0 fully saturated rings. The summed E-state index contributed by atoms with van der Waals surface area (Å²) in [5.41, 5.74) is 7.53. The summed E-state index contributed by atoms with van der Waals surface area (Å²) >= 11 is 1.66. The summed E-state index contributed by atoms with van der Waals surface area (Å²) in [6.45, 7) is 4.11. The zero-order valence-electron chi connectivity index (χ0n) is 18.3. The van der Waals surface area contributed by atoms with Gasteiger partial charge in [0.1, 0.15) is 18.4 Å². The number of aliphatic imine (C=N–C) groups is 1. The Kier molecular flexibility index (Phi) is 5.59. The van der Waals surface area contributed by atoms with Crippen molar-refractivity contribution >= 4 is 45.0 Å². The summed E-state index contributed by atoms with van der Waals surface area (Å²) < 4.78 is 1.08. The van der Waals surface area contributed by atoms with Crippen molar-refractivity contribution in [2.24, 2.45) is 4.99 Å². The third-order valence-corrected chi connectivity index (χ3v) is 6.58. The first-order chi connectivity index (χ1) is 16.1. The highest BCUT2D eigenvalue weighted by atomic mass is 32.1. The summed E-state index contributed by atoms with van der Waals surface area (Å²) in [5, 5.41) is 12.6. The maximum absolute atomic E-state index is 10.5. The summed E-state index contributed by atoms with van der Waals surface area (Å²) in [6, 6.07) is 23.3. The third-order valence-electron chi connectivity index (χ3n) is 5.49. The SMILES string of the molecule is Cc1ccccc1N(C=Nc1cccc(-c2ncnc3c(C)csc23)c1)c1ccccc1O. The van der Waals surface area contributed by atoms with E-state index in [1.807, 2.05) is 78.6 Å². The van der Waals surface area contributed by atoms with Gasteiger partial charge in [0, 0.05) is 5.56 Å². The largest absolute Gasteiger partial charge is 0.506 e. The van der Waals surface area contributed by atoms with Gasteiger partial charge < -0.3 is 5.11 Å². The molecule has 0 spiro atoms. The van der Waals surface area contributed by atoms with E-state index in [0.717, 1.165) is 44.0 Å². The van der Waals surface area contributed by atoms with Crippen LogP contribution in [0.3, 0.4) is 0 Å². The molecular weight excluding hydrogens is 428 g/mol. The van der Waals surface area contributed by atoms with Crippen molar-refractivity contribution in [1.29, 1.82) is 0 Å². The average molecular weight is 451 g/mol. The molecule has 0 bridgehead atoms. The predicted octanol–water partition coefficient (Wildman–Crippen LogP) is 7.18. The van der Waals surface area contributed by atoms with Crippen molar-refractivity contribution in [3.63, 3.8) is 0 Å². The van der Waals surface area contributed by atoms with Crippen molar-refractivity contribution < 1.29 is 5.11 Å². The number of rotatable bonds is 5. The van der Waals surface area contributed by atoms with Crippen LogP contribution in [-0.4, -0.2) is 21.4 Å². The lowest BCUT2D eigenvalue weighted by Gasteiger charge is -2.22. The van der Waals surface area contributed by atoms with E-state index in [1.54, 1.807) is 30.1 Å². The Balaban J connectivity index is 1.56. The van der Waals surface area contributed by atoms with Crippen LogP contribution in [0.25, 0.3) is 21.5 Å². The number of benzene rings is 3. The molecule has 6 heteroatoms. The van der Waals surface area contributed by atoms with Crippen LogP contribution in [0.15, 0.2) is 89.5 Å². The number of aromatic nitrogens is 2.